The molecule has 4 rings (SSSR count). The zero-order chi connectivity index (χ0) is 19.0. The third kappa shape index (κ3) is 3.34. The van der Waals surface area contributed by atoms with E-state index >= 15 is 0 Å². The molecule has 0 radical (unpaired) electrons. The fourth-order valence-corrected chi connectivity index (χ4v) is 5.05. The van der Waals surface area contributed by atoms with Crippen molar-refractivity contribution in [2.24, 2.45) is 11.3 Å². The van der Waals surface area contributed by atoms with Gasteiger partial charge in [0.15, 0.2) is 11.6 Å². The fraction of sp³-hybridized carbons (Fsp3) is 0.619. The minimum absolute atomic E-state index is 0.0147. The topological polar surface area (TPSA) is 40.6 Å². The number of nitrogens with zero attached hydrogens (tertiary/aromatic N) is 2. The molecule has 3 fully saturated rings. The van der Waals surface area contributed by atoms with Gasteiger partial charge in [-0.2, -0.15) is 0 Å². The van der Waals surface area contributed by atoms with Gasteiger partial charge in [-0.3, -0.25) is 9.59 Å². The normalized spacial score (nSPS) is 26.4. The molecule has 2 saturated heterocycles. The number of piperidine rings is 1. The second-order valence-electron chi connectivity index (χ2n) is 8.31. The predicted molar refractivity (Wildman–Crippen MR) is 96.6 cm³/mol. The number of amides is 2. The molecule has 1 spiro atoms. The van der Waals surface area contributed by atoms with Crippen LogP contribution in [-0.2, 0) is 16.1 Å². The van der Waals surface area contributed by atoms with Crippen molar-refractivity contribution in [3.63, 3.8) is 0 Å². The molecule has 3 aliphatic rings. The molecule has 2 aliphatic heterocycles. The summed E-state index contributed by atoms with van der Waals surface area (Å²) in [7, 11) is 0. The van der Waals surface area contributed by atoms with E-state index in [1.807, 2.05) is 4.90 Å². The highest BCUT2D eigenvalue weighted by atomic mass is 19.2. The van der Waals surface area contributed by atoms with E-state index in [-0.39, 0.29) is 29.8 Å². The third-order valence-electron chi connectivity index (χ3n) is 6.59. The molecule has 146 valence electrons. The van der Waals surface area contributed by atoms with Crippen molar-refractivity contribution in [2.75, 3.05) is 19.6 Å². The highest BCUT2D eigenvalue weighted by Gasteiger charge is 2.50. The molecule has 0 N–H and O–H groups in total. The number of likely N-dealkylation sites (tertiary alicyclic amines) is 2. The van der Waals surface area contributed by atoms with Crippen LogP contribution in [0.4, 0.5) is 8.78 Å². The van der Waals surface area contributed by atoms with Crippen LogP contribution < -0.4 is 0 Å². The summed E-state index contributed by atoms with van der Waals surface area (Å²) in [6.07, 6.45) is 6.41. The number of rotatable bonds is 3. The highest BCUT2D eigenvalue weighted by molar-refractivity contribution is 5.86. The molecule has 0 bridgehead atoms. The first-order valence-electron chi connectivity index (χ1n) is 10.0. The van der Waals surface area contributed by atoms with E-state index in [1.165, 1.54) is 12.1 Å². The van der Waals surface area contributed by atoms with E-state index in [9.17, 15) is 18.4 Å². The Labute approximate surface area is 158 Å². The van der Waals surface area contributed by atoms with Crippen LogP contribution in [0, 0.1) is 23.0 Å². The summed E-state index contributed by atoms with van der Waals surface area (Å²) in [4.78, 5) is 29.5. The van der Waals surface area contributed by atoms with Crippen molar-refractivity contribution in [1.82, 2.24) is 9.80 Å². The van der Waals surface area contributed by atoms with Gasteiger partial charge < -0.3 is 9.80 Å². The summed E-state index contributed by atoms with van der Waals surface area (Å²) in [5.41, 5.74) is -0.340. The number of hydrogen-bond donors (Lipinski definition) is 0. The Morgan fingerprint density at radius 2 is 1.89 bits per heavy atom. The molecule has 6 heteroatoms. The van der Waals surface area contributed by atoms with Crippen LogP contribution in [0.5, 0.6) is 0 Å². The lowest BCUT2D eigenvalue weighted by atomic mass is 9.78. The molecule has 0 aromatic heterocycles. The Bertz CT molecular complexity index is 748. The van der Waals surface area contributed by atoms with Crippen LogP contribution in [0.3, 0.4) is 0 Å². The van der Waals surface area contributed by atoms with Crippen molar-refractivity contribution in [1.29, 1.82) is 0 Å². The molecule has 2 amide bonds. The SMILES string of the molecule is O=C(C1CCCC1)N1CC[C@@]2(CCCN(Cc3cccc(F)c3F)C2=O)C1. The first kappa shape index (κ1) is 18.4. The van der Waals surface area contributed by atoms with Crippen LogP contribution in [0.15, 0.2) is 18.2 Å². The molecule has 27 heavy (non-hydrogen) atoms. The summed E-state index contributed by atoms with van der Waals surface area (Å²) in [5, 5.41) is 0. The average molecular weight is 376 g/mol. The van der Waals surface area contributed by atoms with Gasteiger partial charge in [0.2, 0.25) is 11.8 Å². The molecule has 1 aromatic carbocycles. The largest absolute Gasteiger partial charge is 0.341 e. The van der Waals surface area contributed by atoms with Gasteiger partial charge in [0, 0.05) is 37.7 Å². The van der Waals surface area contributed by atoms with Crippen molar-refractivity contribution < 1.29 is 18.4 Å². The van der Waals surface area contributed by atoms with E-state index in [4.69, 9.17) is 0 Å². The van der Waals surface area contributed by atoms with Crippen LogP contribution >= 0.6 is 0 Å². The van der Waals surface area contributed by atoms with E-state index in [2.05, 4.69) is 0 Å². The molecule has 4 nitrogen and oxygen atoms in total. The smallest absolute Gasteiger partial charge is 0.230 e. The summed E-state index contributed by atoms with van der Waals surface area (Å²) < 4.78 is 27.5. The van der Waals surface area contributed by atoms with Gasteiger partial charge in [0.25, 0.3) is 0 Å². The first-order chi connectivity index (χ1) is 13.0. The Hall–Kier alpha value is -1.98. The summed E-state index contributed by atoms with van der Waals surface area (Å²) >= 11 is 0. The molecule has 1 saturated carbocycles. The highest BCUT2D eigenvalue weighted by Crippen LogP contribution is 2.41. The lowest BCUT2D eigenvalue weighted by molar-refractivity contribution is -0.147. The Morgan fingerprint density at radius 1 is 1.11 bits per heavy atom. The lowest BCUT2D eigenvalue weighted by Crippen LogP contribution is -2.50. The Balaban J connectivity index is 1.47. The zero-order valence-electron chi connectivity index (χ0n) is 15.6. The van der Waals surface area contributed by atoms with E-state index in [1.54, 1.807) is 4.90 Å². The minimum atomic E-state index is -0.888. The van der Waals surface area contributed by atoms with Crippen molar-refractivity contribution in [3.05, 3.63) is 35.4 Å². The second-order valence-corrected chi connectivity index (χ2v) is 8.31. The molecule has 1 aromatic rings. The van der Waals surface area contributed by atoms with E-state index in [0.717, 1.165) is 44.6 Å². The summed E-state index contributed by atoms with van der Waals surface area (Å²) in [5.74, 6) is -1.46. The fourth-order valence-electron chi connectivity index (χ4n) is 5.05. The van der Waals surface area contributed by atoms with Gasteiger partial charge in [0.05, 0.1) is 5.41 Å². The molecular weight excluding hydrogens is 350 g/mol. The standard InChI is InChI=1S/C21H26F2N2O2/c22-17-8-3-7-16(18(17)23)13-24-11-4-9-21(20(24)27)10-12-25(14-21)19(26)15-5-1-2-6-15/h3,7-8,15H,1-2,4-6,9-14H2/t21-/m0/s1. The lowest BCUT2D eigenvalue weighted by Gasteiger charge is -2.39. The quantitative estimate of drug-likeness (QED) is 0.810. The van der Waals surface area contributed by atoms with Gasteiger partial charge in [0.1, 0.15) is 0 Å². The third-order valence-corrected chi connectivity index (χ3v) is 6.59. The van der Waals surface area contributed by atoms with Gasteiger partial charge in [-0.15, -0.1) is 0 Å². The van der Waals surface area contributed by atoms with Crippen LogP contribution in [0.1, 0.15) is 50.5 Å². The number of carbonyl (C=O) groups is 2. The number of carbonyl (C=O) groups excluding carboxylic acids is 2. The number of benzene rings is 1. The first-order valence-corrected chi connectivity index (χ1v) is 10.0. The zero-order valence-corrected chi connectivity index (χ0v) is 15.6. The van der Waals surface area contributed by atoms with Gasteiger partial charge in [-0.1, -0.05) is 25.0 Å². The van der Waals surface area contributed by atoms with E-state index < -0.39 is 17.0 Å². The molecule has 0 unspecified atom stereocenters. The van der Waals surface area contributed by atoms with Crippen LogP contribution in [0.2, 0.25) is 0 Å². The van der Waals surface area contributed by atoms with Crippen molar-refractivity contribution >= 4 is 11.8 Å². The molecule has 1 atom stereocenters. The minimum Gasteiger partial charge on any atom is -0.341 e. The Morgan fingerprint density at radius 3 is 2.67 bits per heavy atom. The Kier molecular flexibility index (Phi) is 4.91. The second kappa shape index (κ2) is 7.21. The van der Waals surface area contributed by atoms with E-state index in [0.29, 0.717) is 26.1 Å². The number of hydrogen-bond acceptors (Lipinski definition) is 2. The summed E-state index contributed by atoms with van der Waals surface area (Å²) in [6.45, 7) is 1.74. The average Bonchev–Trinajstić information content (AvgIpc) is 3.33. The van der Waals surface area contributed by atoms with Crippen LogP contribution in [-0.4, -0.2) is 41.2 Å². The van der Waals surface area contributed by atoms with Crippen molar-refractivity contribution in [2.45, 2.75) is 51.5 Å². The number of halogens is 2. The van der Waals surface area contributed by atoms with Crippen molar-refractivity contribution in [3.8, 4) is 0 Å². The molecule has 2 heterocycles. The molecular formula is C21H26F2N2O2. The maximum absolute atomic E-state index is 14.0. The maximum atomic E-state index is 14.0. The molecule has 1 aliphatic carbocycles. The van der Waals surface area contributed by atoms with Gasteiger partial charge >= 0.3 is 0 Å². The van der Waals surface area contributed by atoms with Crippen LogP contribution in [0.25, 0.3) is 0 Å². The summed E-state index contributed by atoms with van der Waals surface area (Å²) in [6, 6.07) is 4.08. The predicted octanol–water partition coefficient (Wildman–Crippen LogP) is 3.50. The maximum Gasteiger partial charge on any atom is 0.230 e. The van der Waals surface area contributed by atoms with Gasteiger partial charge in [-0.05, 0) is 38.2 Å². The van der Waals surface area contributed by atoms with Gasteiger partial charge in [-0.25, -0.2) is 8.78 Å². The monoisotopic (exact) mass is 376 g/mol.